The minimum atomic E-state index is 0.576. The van der Waals surface area contributed by atoms with Gasteiger partial charge in [-0.3, -0.25) is 0 Å². The van der Waals surface area contributed by atoms with Crippen molar-refractivity contribution in [3.8, 4) is 11.8 Å². The fourth-order valence-corrected chi connectivity index (χ4v) is 2.04. The first-order valence-electron chi connectivity index (χ1n) is 5.58. The minimum absolute atomic E-state index is 0.576. The van der Waals surface area contributed by atoms with Gasteiger partial charge in [-0.2, -0.15) is 0 Å². The summed E-state index contributed by atoms with van der Waals surface area (Å²) in [5.41, 5.74) is 0. The zero-order valence-corrected chi connectivity index (χ0v) is 11.4. The fraction of sp³-hybridized carbons (Fsp3) is 0.692. The molecule has 0 aromatic rings. The normalized spacial score (nSPS) is 10.9. The Bertz CT molecular complexity index is 205. The molecule has 0 atom stereocenters. The molecule has 0 aliphatic rings. The van der Waals surface area contributed by atoms with Crippen molar-refractivity contribution in [3.05, 3.63) is 10.5 Å². The van der Waals surface area contributed by atoms with E-state index in [1.54, 1.807) is 0 Å². The van der Waals surface area contributed by atoms with Crippen LogP contribution in [0.3, 0.4) is 0 Å². The van der Waals surface area contributed by atoms with E-state index in [9.17, 15) is 0 Å². The molecule has 0 fully saturated rings. The van der Waals surface area contributed by atoms with Crippen LogP contribution in [0.2, 0.25) is 5.82 Å². The Balaban J connectivity index is 3.78. The topological polar surface area (TPSA) is 0 Å². The molecule has 0 rings (SSSR count). The van der Waals surface area contributed by atoms with Crippen LogP contribution in [0.15, 0.2) is 10.5 Å². The van der Waals surface area contributed by atoms with Crippen molar-refractivity contribution < 1.29 is 0 Å². The molecule has 0 nitrogen and oxygen atoms in total. The molecule has 0 spiro atoms. The van der Waals surface area contributed by atoms with E-state index >= 15 is 0 Å². The zero-order chi connectivity index (χ0) is 10.6. The van der Waals surface area contributed by atoms with E-state index in [1.807, 2.05) is 0 Å². The van der Waals surface area contributed by atoms with Gasteiger partial charge in [-0.15, -0.1) is 0 Å². The predicted octanol–water partition coefficient (Wildman–Crippen LogP) is 4.01. The summed E-state index contributed by atoms with van der Waals surface area (Å²) < 4.78 is 1.39. The van der Waals surface area contributed by atoms with Crippen molar-refractivity contribution in [1.82, 2.24) is 0 Å². The molecular formula is C13H22Se. The molecule has 0 aliphatic heterocycles. The summed E-state index contributed by atoms with van der Waals surface area (Å²) in [6.45, 7) is 4.45. The molecule has 80 valence electrons. The predicted molar refractivity (Wildman–Crippen MR) is 66.5 cm³/mol. The average Bonchev–Trinajstić information content (AvgIpc) is 2.22. The summed E-state index contributed by atoms with van der Waals surface area (Å²) >= 11 is 0.576. The molecule has 0 aromatic carbocycles. The third-order valence-electron chi connectivity index (χ3n) is 1.96. The molecule has 0 amide bonds. The van der Waals surface area contributed by atoms with E-state index in [4.69, 9.17) is 0 Å². The maximum atomic E-state index is 3.30. The third-order valence-corrected chi connectivity index (χ3v) is 3.44. The van der Waals surface area contributed by atoms with Crippen molar-refractivity contribution in [2.75, 3.05) is 0 Å². The summed E-state index contributed by atoms with van der Waals surface area (Å²) in [5.74, 6) is 8.82. The molecule has 1 heteroatoms. The number of rotatable bonds is 6. The van der Waals surface area contributed by atoms with Crippen LogP contribution in [0.5, 0.6) is 0 Å². The third kappa shape index (κ3) is 8.42. The van der Waals surface area contributed by atoms with Crippen molar-refractivity contribution in [1.29, 1.82) is 0 Å². The Hall–Kier alpha value is -0.181. The molecule has 0 heterocycles. The number of allylic oxidation sites excluding steroid dienone is 2. The summed E-state index contributed by atoms with van der Waals surface area (Å²) in [7, 11) is 0. The molecule has 0 unspecified atom stereocenters. The van der Waals surface area contributed by atoms with Gasteiger partial charge < -0.3 is 0 Å². The average molecular weight is 257 g/mol. The van der Waals surface area contributed by atoms with E-state index in [1.165, 1.54) is 36.6 Å². The summed E-state index contributed by atoms with van der Waals surface area (Å²) in [6, 6.07) is 0. The molecular weight excluding hydrogens is 235 g/mol. The molecule has 0 aliphatic carbocycles. The van der Waals surface area contributed by atoms with Crippen LogP contribution in [0.4, 0.5) is 0 Å². The summed E-state index contributed by atoms with van der Waals surface area (Å²) in [6.07, 6.45) is 9.69. The first-order valence-corrected chi connectivity index (χ1v) is 8.15. The Morgan fingerprint density at radius 3 is 2.57 bits per heavy atom. The molecule has 0 radical (unpaired) electrons. The van der Waals surface area contributed by atoms with E-state index < -0.39 is 0 Å². The molecule has 0 aromatic heterocycles. The Labute approximate surface area is 95.7 Å². The zero-order valence-electron chi connectivity index (χ0n) is 9.73. The van der Waals surface area contributed by atoms with Crippen LogP contribution in [-0.4, -0.2) is 15.0 Å². The standard InChI is InChI=1S/C13H22Se/c1-4-6-8-9-10-12-13(14-3)11-7-5-2/h11H,4-9H2,1-3H3/b13-11-. The Morgan fingerprint density at radius 2 is 2.00 bits per heavy atom. The fourth-order valence-electron chi connectivity index (χ4n) is 1.07. The summed E-state index contributed by atoms with van der Waals surface area (Å²) in [4.78, 5) is 0. The SMILES string of the molecule is CCC/C=C(/C#CCCCCC)[Se]C. The maximum absolute atomic E-state index is 3.30. The first-order chi connectivity index (χ1) is 6.85. The quantitative estimate of drug-likeness (QED) is 0.383. The van der Waals surface area contributed by atoms with Crippen molar-refractivity contribution in [2.45, 2.75) is 58.2 Å². The van der Waals surface area contributed by atoms with Gasteiger partial charge in [0.05, 0.1) is 0 Å². The van der Waals surface area contributed by atoms with Crippen molar-refractivity contribution in [3.63, 3.8) is 0 Å². The van der Waals surface area contributed by atoms with Crippen LogP contribution in [-0.2, 0) is 0 Å². The monoisotopic (exact) mass is 258 g/mol. The molecule has 0 N–H and O–H groups in total. The first kappa shape index (κ1) is 13.8. The Morgan fingerprint density at radius 1 is 1.21 bits per heavy atom. The van der Waals surface area contributed by atoms with Gasteiger partial charge in [0, 0.05) is 0 Å². The van der Waals surface area contributed by atoms with Gasteiger partial charge in [0.15, 0.2) is 0 Å². The second-order valence-corrected chi connectivity index (χ2v) is 5.10. The van der Waals surface area contributed by atoms with E-state index in [2.05, 4.69) is 37.6 Å². The number of hydrogen-bond acceptors (Lipinski definition) is 0. The van der Waals surface area contributed by atoms with Crippen LogP contribution in [0.25, 0.3) is 0 Å². The van der Waals surface area contributed by atoms with Gasteiger partial charge in [-0.1, -0.05) is 0 Å². The van der Waals surface area contributed by atoms with Crippen molar-refractivity contribution >= 4 is 15.0 Å². The van der Waals surface area contributed by atoms with Gasteiger partial charge >= 0.3 is 95.5 Å². The van der Waals surface area contributed by atoms with E-state index in [0.29, 0.717) is 15.0 Å². The van der Waals surface area contributed by atoms with Gasteiger partial charge in [-0.25, -0.2) is 0 Å². The van der Waals surface area contributed by atoms with Gasteiger partial charge in [0.1, 0.15) is 0 Å². The second kappa shape index (κ2) is 10.9. The van der Waals surface area contributed by atoms with Crippen LogP contribution in [0.1, 0.15) is 52.4 Å². The van der Waals surface area contributed by atoms with Crippen LogP contribution >= 0.6 is 0 Å². The number of hydrogen-bond donors (Lipinski definition) is 0. The Kier molecular flexibility index (Phi) is 10.8. The van der Waals surface area contributed by atoms with Gasteiger partial charge in [-0.05, 0) is 0 Å². The van der Waals surface area contributed by atoms with E-state index in [-0.39, 0.29) is 0 Å². The number of unbranched alkanes of at least 4 members (excludes halogenated alkanes) is 4. The molecule has 0 bridgehead atoms. The van der Waals surface area contributed by atoms with Crippen LogP contribution < -0.4 is 0 Å². The van der Waals surface area contributed by atoms with Crippen LogP contribution in [0, 0.1) is 11.8 Å². The van der Waals surface area contributed by atoms with Gasteiger partial charge in [0.25, 0.3) is 0 Å². The molecule has 14 heavy (non-hydrogen) atoms. The second-order valence-electron chi connectivity index (χ2n) is 3.32. The molecule has 0 saturated heterocycles. The summed E-state index contributed by atoms with van der Waals surface area (Å²) in [5, 5.41) is 0. The van der Waals surface area contributed by atoms with Crippen molar-refractivity contribution in [2.24, 2.45) is 0 Å². The molecule has 0 saturated carbocycles. The van der Waals surface area contributed by atoms with E-state index in [0.717, 1.165) is 6.42 Å². The van der Waals surface area contributed by atoms with Gasteiger partial charge in [0.2, 0.25) is 0 Å².